The van der Waals surface area contributed by atoms with Crippen LogP contribution >= 0.6 is 0 Å². The van der Waals surface area contributed by atoms with E-state index in [4.69, 9.17) is 29.5 Å². The van der Waals surface area contributed by atoms with Gasteiger partial charge in [-0.15, -0.1) is 3.63 Å². The summed E-state index contributed by atoms with van der Waals surface area (Å²) in [6, 6.07) is 0. The lowest BCUT2D eigenvalue weighted by atomic mass is 10.8. The summed E-state index contributed by atoms with van der Waals surface area (Å²) in [5.74, 6) is 0. The van der Waals surface area contributed by atoms with Gasteiger partial charge in [-0.25, -0.2) is 0 Å². The van der Waals surface area contributed by atoms with Gasteiger partial charge in [0.05, 0.1) is 26.4 Å². The molecule has 0 rings (SSSR count). The molecule has 0 atom stereocenters. The third kappa shape index (κ3) is 49.9. The molecule has 0 amide bonds. The van der Waals surface area contributed by atoms with Gasteiger partial charge < -0.3 is 20.4 Å². The smallest absolute Gasteiger partial charge is 0.394 e. The Labute approximate surface area is 97.8 Å². The fourth-order valence-electron chi connectivity index (χ4n) is 0.109. The van der Waals surface area contributed by atoms with E-state index in [0.717, 1.165) is 0 Å². The largest absolute Gasteiger partial charge is 0.413 e. The first kappa shape index (κ1) is 21.9. The zero-order valence-corrected chi connectivity index (χ0v) is 10.0. The molecule has 0 unspecified atom stereocenters. The van der Waals surface area contributed by atoms with Crippen LogP contribution in [0.4, 0.5) is 0 Å². The standard InChI is InChI=1S/2C2H6O2.H2O7S2/c2*3-1-2-4;1-8(2,3)7-9(4,5)6/h2*3-4H,1-2H2;(H,1,2,3)(H,4,5,6). The minimum atomic E-state index is -5.12. The van der Waals surface area contributed by atoms with Crippen molar-refractivity contribution in [2.24, 2.45) is 0 Å². The Morgan fingerprint density at radius 2 is 0.824 bits per heavy atom. The molecule has 13 heteroatoms. The third-order valence-corrected chi connectivity index (χ3v) is 1.75. The molecule has 0 aliphatic carbocycles. The Morgan fingerprint density at radius 3 is 0.824 bits per heavy atom. The van der Waals surface area contributed by atoms with Gasteiger partial charge in [0.1, 0.15) is 0 Å². The summed E-state index contributed by atoms with van der Waals surface area (Å²) in [4.78, 5) is 0. The second-order valence-corrected chi connectivity index (χ2v) is 4.07. The average Bonchev–Trinajstić information content (AvgIpc) is 2.13. The molecular formula is C4H14O11S2. The van der Waals surface area contributed by atoms with Crippen molar-refractivity contribution in [3.8, 4) is 0 Å². The topological polar surface area (TPSA) is 199 Å². The highest BCUT2D eigenvalue weighted by Crippen LogP contribution is 1.91. The number of aliphatic hydroxyl groups excluding tert-OH is 4. The molecule has 17 heavy (non-hydrogen) atoms. The van der Waals surface area contributed by atoms with E-state index >= 15 is 0 Å². The predicted molar refractivity (Wildman–Crippen MR) is 52.5 cm³/mol. The molecule has 0 fully saturated rings. The first-order valence-corrected chi connectivity index (χ1v) is 6.36. The summed E-state index contributed by atoms with van der Waals surface area (Å²) >= 11 is 0. The van der Waals surface area contributed by atoms with Gasteiger partial charge in [0.2, 0.25) is 0 Å². The number of hydrogen-bond donors (Lipinski definition) is 6. The van der Waals surface area contributed by atoms with E-state index in [-0.39, 0.29) is 26.4 Å². The highest BCUT2D eigenvalue weighted by molar-refractivity contribution is 7.94. The fraction of sp³-hybridized carbons (Fsp3) is 1.00. The number of rotatable bonds is 4. The Morgan fingerprint density at radius 1 is 0.647 bits per heavy atom. The molecular weight excluding hydrogens is 288 g/mol. The van der Waals surface area contributed by atoms with E-state index in [1.54, 1.807) is 0 Å². The van der Waals surface area contributed by atoms with Crippen molar-refractivity contribution in [3.63, 3.8) is 0 Å². The zero-order valence-electron chi connectivity index (χ0n) is 8.37. The van der Waals surface area contributed by atoms with E-state index in [2.05, 4.69) is 3.63 Å². The Hall–Kier alpha value is -0.380. The van der Waals surface area contributed by atoms with Gasteiger partial charge in [0, 0.05) is 0 Å². The van der Waals surface area contributed by atoms with Gasteiger partial charge in [-0.05, 0) is 0 Å². The van der Waals surface area contributed by atoms with Crippen molar-refractivity contribution in [2.45, 2.75) is 0 Å². The van der Waals surface area contributed by atoms with Gasteiger partial charge in [-0.2, -0.15) is 16.8 Å². The summed E-state index contributed by atoms with van der Waals surface area (Å²) in [5, 5.41) is 30.5. The van der Waals surface area contributed by atoms with E-state index < -0.39 is 20.8 Å². The monoisotopic (exact) mass is 302 g/mol. The van der Waals surface area contributed by atoms with Gasteiger partial charge in [0.25, 0.3) is 0 Å². The van der Waals surface area contributed by atoms with Crippen LogP contribution in [0.5, 0.6) is 0 Å². The minimum Gasteiger partial charge on any atom is -0.394 e. The first-order valence-electron chi connectivity index (χ1n) is 3.63. The number of aliphatic hydroxyl groups is 4. The van der Waals surface area contributed by atoms with Crippen LogP contribution in [0.15, 0.2) is 0 Å². The van der Waals surface area contributed by atoms with Crippen molar-refractivity contribution in [2.75, 3.05) is 26.4 Å². The molecule has 0 radical (unpaired) electrons. The summed E-state index contributed by atoms with van der Waals surface area (Å²) < 4.78 is 55.6. The number of hydrogen-bond acceptors (Lipinski definition) is 9. The first-order chi connectivity index (χ1) is 7.54. The van der Waals surface area contributed by atoms with E-state index in [1.807, 2.05) is 0 Å². The lowest BCUT2D eigenvalue weighted by Crippen LogP contribution is -2.10. The van der Waals surface area contributed by atoms with Gasteiger partial charge >= 0.3 is 20.8 Å². The molecule has 0 aromatic heterocycles. The SMILES string of the molecule is O=S(=O)(O)OS(=O)(=O)O.OCCO.OCCO. The maximum atomic E-state index is 9.44. The quantitative estimate of drug-likeness (QED) is 0.282. The van der Waals surface area contributed by atoms with Crippen LogP contribution in [0.1, 0.15) is 0 Å². The molecule has 0 aliphatic rings. The van der Waals surface area contributed by atoms with Crippen molar-refractivity contribution in [1.29, 1.82) is 0 Å². The maximum Gasteiger partial charge on any atom is 0.413 e. The van der Waals surface area contributed by atoms with Crippen LogP contribution in [0, 0.1) is 0 Å². The van der Waals surface area contributed by atoms with Crippen LogP contribution in [-0.2, 0) is 24.4 Å². The molecule has 0 aliphatic heterocycles. The normalized spacial score (nSPS) is 10.7. The van der Waals surface area contributed by atoms with Crippen molar-refractivity contribution < 1.29 is 50.0 Å². The second-order valence-electron chi connectivity index (χ2n) is 1.82. The molecule has 108 valence electrons. The lowest BCUT2D eigenvalue weighted by Gasteiger charge is -1.89. The van der Waals surface area contributed by atoms with Gasteiger partial charge in [0.15, 0.2) is 0 Å². The highest BCUT2D eigenvalue weighted by atomic mass is 32.3. The van der Waals surface area contributed by atoms with Crippen LogP contribution in [0.3, 0.4) is 0 Å². The lowest BCUT2D eigenvalue weighted by molar-refractivity contribution is 0.186. The van der Waals surface area contributed by atoms with Crippen LogP contribution < -0.4 is 0 Å². The highest BCUT2D eigenvalue weighted by Gasteiger charge is 2.15. The van der Waals surface area contributed by atoms with Crippen LogP contribution in [-0.4, -0.2) is 72.8 Å². The zero-order chi connectivity index (χ0) is 14.5. The summed E-state index contributed by atoms with van der Waals surface area (Å²) in [5.41, 5.74) is 0. The molecule has 0 bridgehead atoms. The molecule has 6 N–H and O–H groups in total. The van der Waals surface area contributed by atoms with Gasteiger partial charge in [-0.1, -0.05) is 0 Å². The maximum absolute atomic E-state index is 9.44. The molecule has 0 saturated heterocycles. The van der Waals surface area contributed by atoms with Crippen LogP contribution in [0.2, 0.25) is 0 Å². The summed E-state index contributed by atoms with van der Waals surface area (Å²) in [6.45, 7) is -0.500. The molecule has 0 spiro atoms. The Bertz CT molecular complexity index is 290. The summed E-state index contributed by atoms with van der Waals surface area (Å²) in [7, 11) is -10.2. The van der Waals surface area contributed by atoms with Crippen molar-refractivity contribution in [3.05, 3.63) is 0 Å². The third-order valence-electron chi connectivity index (χ3n) is 0.372. The Kier molecular flexibility index (Phi) is 15.5. The van der Waals surface area contributed by atoms with Crippen molar-refractivity contribution in [1.82, 2.24) is 0 Å². The van der Waals surface area contributed by atoms with Crippen molar-refractivity contribution >= 4 is 20.8 Å². The van der Waals surface area contributed by atoms with E-state index in [9.17, 15) is 16.8 Å². The molecule has 11 nitrogen and oxygen atoms in total. The molecule has 0 saturated carbocycles. The fourth-order valence-corrected chi connectivity index (χ4v) is 0.978. The summed E-state index contributed by atoms with van der Waals surface area (Å²) in [6.07, 6.45) is 0. The van der Waals surface area contributed by atoms with Crippen LogP contribution in [0.25, 0.3) is 0 Å². The Balaban J connectivity index is -0.000000205. The van der Waals surface area contributed by atoms with E-state index in [1.165, 1.54) is 0 Å². The minimum absolute atomic E-state index is 0.125. The van der Waals surface area contributed by atoms with E-state index in [0.29, 0.717) is 0 Å². The molecule has 0 heterocycles. The average molecular weight is 302 g/mol. The van der Waals surface area contributed by atoms with Gasteiger partial charge in [-0.3, -0.25) is 9.11 Å². The molecule has 0 aromatic carbocycles. The predicted octanol–water partition coefficient (Wildman–Crippen LogP) is -3.45. The molecule has 0 aromatic rings. The second kappa shape index (κ2) is 12.1.